The number of terminal acetylenes is 1. The zero-order chi connectivity index (χ0) is 55.6. The van der Waals surface area contributed by atoms with Gasteiger partial charge < -0.3 is 38.6 Å². The van der Waals surface area contributed by atoms with Crippen molar-refractivity contribution in [3.63, 3.8) is 0 Å². The van der Waals surface area contributed by atoms with Crippen LogP contribution >= 0.6 is 54.0 Å². The first-order chi connectivity index (χ1) is 33.7. The number of sulfonamides is 1. The zero-order valence-electron chi connectivity index (χ0n) is 38.7. The predicted octanol–water partition coefficient (Wildman–Crippen LogP) is 7.13. The van der Waals surface area contributed by atoms with E-state index in [9.17, 15) is 45.3 Å². The number of amides is 2. The number of nitrogens with one attached hydrogen (secondary N) is 3. The Morgan fingerprint density at radius 2 is 1.56 bits per heavy atom. The van der Waals surface area contributed by atoms with E-state index in [1.807, 2.05) is 20.8 Å². The maximum Gasteiger partial charge on any atom is 0.442 e. The molecule has 0 radical (unpaired) electrons. The van der Waals surface area contributed by atoms with Crippen LogP contribution in [0.4, 0.5) is 23.9 Å². The van der Waals surface area contributed by atoms with Gasteiger partial charge in [-0.1, -0.05) is 91.3 Å². The fourth-order valence-electron chi connectivity index (χ4n) is 5.04. The smallest absolute Gasteiger partial charge is 0.442 e. The van der Waals surface area contributed by atoms with Crippen LogP contribution < -0.4 is 35.3 Å². The van der Waals surface area contributed by atoms with Crippen LogP contribution in [0.1, 0.15) is 54.8 Å². The van der Waals surface area contributed by atoms with E-state index in [0.29, 0.717) is 17.3 Å². The number of rotatable bonds is 15. The molecule has 0 atom stereocenters. The van der Waals surface area contributed by atoms with E-state index >= 15 is 0 Å². The van der Waals surface area contributed by atoms with Gasteiger partial charge >= 0.3 is 43.5 Å². The Hall–Kier alpha value is -6.21. The van der Waals surface area contributed by atoms with Crippen molar-refractivity contribution in [3.05, 3.63) is 102 Å². The molecule has 0 aliphatic heterocycles. The Kier molecular flexibility index (Phi) is 23.9. The second-order valence-corrected chi connectivity index (χ2v) is 19.8. The van der Waals surface area contributed by atoms with Crippen molar-refractivity contribution in [1.29, 1.82) is 0 Å². The molecule has 23 nitrogen and oxygen atoms in total. The minimum Gasteiger partial charge on any atom is -0.494 e. The Morgan fingerprint density at radius 3 is 2.08 bits per heavy atom. The molecule has 5 rings (SSSR count). The van der Waals surface area contributed by atoms with Crippen molar-refractivity contribution < 1.29 is 79.2 Å². The molecule has 0 bridgehead atoms. The summed E-state index contributed by atoms with van der Waals surface area (Å²) >= 11 is 23.5. The fourth-order valence-corrected chi connectivity index (χ4v) is 7.61. The molecule has 2 amide bonds. The molecule has 2 aromatic heterocycles. The number of halogens is 7. The second-order valence-electron chi connectivity index (χ2n) is 14.9. The summed E-state index contributed by atoms with van der Waals surface area (Å²) in [6.07, 6.45) is -1.64. The van der Waals surface area contributed by atoms with E-state index in [1.165, 1.54) is 63.6 Å². The van der Waals surface area contributed by atoms with Crippen LogP contribution in [0.25, 0.3) is 5.69 Å². The number of aryl methyl sites for hydroxylation is 2. The number of carbonyl (C=O) groups excluding carboxylic acids is 1. The van der Waals surface area contributed by atoms with Gasteiger partial charge in [-0.25, -0.2) is 27.5 Å². The molecule has 0 aliphatic rings. The van der Waals surface area contributed by atoms with Gasteiger partial charge in [-0.2, -0.15) is 32.8 Å². The predicted molar refractivity (Wildman–Crippen MR) is 259 cm³/mol. The third-order valence-corrected chi connectivity index (χ3v) is 11.4. The van der Waals surface area contributed by atoms with Crippen LogP contribution in [0.2, 0.25) is 20.1 Å². The molecular weight excluding hydrogens is 1110 g/mol. The number of urea groups is 1. The summed E-state index contributed by atoms with van der Waals surface area (Å²) in [6, 6.07) is 9.66. The molecule has 0 spiro atoms. The van der Waals surface area contributed by atoms with Gasteiger partial charge in [0.05, 0.1) is 57.7 Å². The van der Waals surface area contributed by atoms with E-state index in [2.05, 4.69) is 36.6 Å². The molecule has 32 heteroatoms. The van der Waals surface area contributed by atoms with Crippen LogP contribution in [0.5, 0.6) is 17.5 Å². The van der Waals surface area contributed by atoms with Crippen LogP contribution in [-0.4, -0.2) is 111 Å². The molecule has 0 fully saturated rings. The van der Waals surface area contributed by atoms with Gasteiger partial charge in [-0.15, -0.1) is 11.5 Å². The zero-order valence-corrected chi connectivity index (χ0v) is 43.5. The number of methoxy groups -OCH3 is 2. The maximum absolute atomic E-state index is 12.5. The number of hydrogen-bond acceptors (Lipinski definition) is 16. The quantitative estimate of drug-likeness (QED) is 0.0405. The van der Waals surface area contributed by atoms with Gasteiger partial charge in [0.1, 0.15) is 23.7 Å². The number of carbonyl (C=O) groups is 3. The Labute approximate surface area is 433 Å². The lowest BCUT2D eigenvalue weighted by Crippen LogP contribution is -2.35. The summed E-state index contributed by atoms with van der Waals surface area (Å²) in [4.78, 5) is 71.8. The number of aromatic nitrogens is 5. The lowest BCUT2D eigenvalue weighted by atomic mass is 9.97. The number of alkyl halides is 3. The fraction of sp³-hybridized carbons (Fsp3) is 0.317. The lowest BCUT2D eigenvalue weighted by molar-refractivity contribution is -0.136. The van der Waals surface area contributed by atoms with Gasteiger partial charge in [-0.05, 0) is 43.2 Å². The molecule has 7 N–H and O–H groups in total. The van der Waals surface area contributed by atoms with Crippen molar-refractivity contribution in [2.45, 2.75) is 57.0 Å². The minimum atomic E-state index is -4.45. The van der Waals surface area contributed by atoms with Crippen molar-refractivity contribution in [1.82, 2.24) is 34.8 Å². The first kappa shape index (κ1) is 62.9. The topological polar surface area (TPSA) is 334 Å². The molecule has 398 valence electrons. The summed E-state index contributed by atoms with van der Waals surface area (Å²) in [5.41, 5.74) is -0.289. The number of aliphatic carboxylic acids is 1. The van der Waals surface area contributed by atoms with Gasteiger partial charge in [0.25, 0.3) is 10.0 Å². The number of carboxylic acids is 2. The standard InChI is InChI=1S/C15H14Cl2N2O3.C15H16F3N5O4S.C8H6Cl2O3.C3H8NO5P/c1-5-6-21-12-8-11(9(16)7-10(12)17)19-14(20)22-13(18-19)15(2,3)4;1-9-19-12(22-14(20-9)27-2)21-13(24)23-28(25,26)11-6-4-3-5-10(11)7-8-15(16,17)18;1-13-7-5(10)3-2-4(9)6(7)8(11)12;5-3(6)1-4-2-10(7,8)9/h1,7-8H,6H2,2-4H3;3-6H,7-8H2,1-2H3,(H2,19,20,21,22,23,24);2-3H,1H3,(H,11,12);4H,1-2H2,(H,5,6)(H2,7,8,9). The molecular formula is C41H44Cl4F3N8O15PS. The van der Waals surface area contributed by atoms with E-state index in [1.54, 1.807) is 4.72 Å². The number of ether oxygens (including phenoxy) is 3. The second kappa shape index (κ2) is 27.7. The van der Waals surface area contributed by atoms with E-state index < -0.39 is 83.5 Å². The summed E-state index contributed by atoms with van der Waals surface area (Å²) < 4.78 is 95.2. The minimum absolute atomic E-state index is 0.0434. The molecule has 2 heterocycles. The van der Waals surface area contributed by atoms with E-state index in [-0.39, 0.29) is 61.4 Å². The third kappa shape index (κ3) is 21.4. The van der Waals surface area contributed by atoms with Gasteiger partial charge in [0, 0.05) is 17.9 Å². The number of anilines is 1. The Balaban J connectivity index is 0.000000359. The summed E-state index contributed by atoms with van der Waals surface area (Å²) in [6.45, 7) is 6.75. The SMILES string of the molecule is C#CCOc1cc(-n2nc(C(C)(C)C)oc2=O)c(Cl)cc1Cl.COc1c(Cl)ccc(Cl)c1C(=O)O.COc1nc(C)nc(NC(=O)NS(=O)(=O)c2ccccc2CCC(F)(F)F)n1.O=C(O)CNCP(=O)(O)O. The highest BCUT2D eigenvalue weighted by molar-refractivity contribution is 7.90. The van der Waals surface area contributed by atoms with Gasteiger partial charge in [-0.3, -0.25) is 20.0 Å². The first-order valence-electron chi connectivity index (χ1n) is 19.9. The highest BCUT2D eigenvalue weighted by Crippen LogP contribution is 2.35. The molecule has 3 aromatic carbocycles. The van der Waals surface area contributed by atoms with Crippen LogP contribution in [0, 0.1) is 19.3 Å². The number of nitrogens with zero attached hydrogens (tertiary/aromatic N) is 5. The molecule has 73 heavy (non-hydrogen) atoms. The molecule has 0 aliphatic carbocycles. The molecule has 0 unspecified atom stereocenters. The third-order valence-electron chi connectivity index (χ3n) is 8.10. The number of benzene rings is 3. The van der Waals surface area contributed by atoms with Gasteiger partial charge in [0.2, 0.25) is 11.8 Å². The average molecular weight is 1150 g/mol. The summed E-state index contributed by atoms with van der Waals surface area (Å²) in [7, 11) is -5.90. The van der Waals surface area contributed by atoms with Crippen molar-refractivity contribution >= 4 is 87.9 Å². The Bertz CT molecular complexity index is 3020. The maximum atomic E-state index is 12.5. The summed E-state index contributed by atoms with van der Waals surface area (Å²) in [5.74, 6) is 0.0327. The Morgan fingerprint density at radius 1 is 0.932 bits per heavy atom. The van der Waals surface area contributed by atoms with E-state index in [4.69, 9.17) is 91.5 Å². The van der Waals surface area contributed by atoms with Gasteiger partial charge in [0.15, 0.2) is 5.75 Å². The first-order valence-corrected chi connectivity index (χ1v) is 24.7. The highest BCUT2D eigenvalue weighted by atomic mass is 35.5. The normalized spacial score (nSPS) is 11.2. The van der Waals surface area contributed by atoms with Crippen molar-refractivity contribution in [3.8, 4) is 35.5 Å². The van der Waals surface area contributed by atoms with Crippen LogP contribution in [0.15, 0.2) is 62.6 Å². The van der Waals surface area contributed by atoms with Crippen LogP contribution in [0.3, 0.4) is 0 Å². The summed E-state index contributed by atoms with van der Waals surface area (Å²) in [5, 5.41) is 26.0. The lowest BCUT2D eigenvalue weighted by Gasteiger charge is -2.13. The average Bonchev–Trinajstić information content (AvgIpc) is 3.67. The monoisotopic (exact) mass is 1150 g/mol. The van der Waals surface area contributed by atoms with Crippen molar-refractivity contribution in [2.24, 2.45) is 0 Å². The van der Waals surface area contributed by atoms with Crippen molar-refractivity contribution in [2.75, 3.05) is 39.0 Å². The number of hydrogen-bond donors (Lipinski definition) is 7. The van der Waals surface area contributed by atoms with Crippen LogP contribution in [-0.2, 0) is 31.2 Å². The largest absolute Gasteiger partial charge is 0.494 e. The highest BCUT2D eigenvalue weighted by Gasteiger charge is 2.29. The number of carboxylic acid groups (broad SMARTS) is 2. The number of aromatic carboxylic acids is 1. The molecule has 5 aromatic rings. The molecule has 0 saturated heterocycles. The molecule has 0 saturated carbocycles. The van der Waals surface area contributed by atoms with E-state index in [0.717, 1.165) is 10.7 Å².